The Morgan fingerprint density at radius 3 is 1.40 bits per heavy atom. The van der Waals surface area contributed by atoms with Gasteiger partial charge in [-0.05, 0) is 58.7 Å². The summed E-state index contributed by atoms with van der Waals surface area (Å²) in [7, 11) is 11.9. The Labute approximate surface area is 181 Å². The van der Waals surface area contributed by atoms with Gasteiger partial charge in [0.2, 0.25) is 0 Å². The normalized spacial score (nSPS) is 12.8. The van der Waals surface area contributed by atoms with Crippen LogP contribution in [0.1, 0.15) is 34.7 Å². The lowest BCUT2D eigenvalue weighted by Gasteiger charge is -2.32. The SMILES string of the molecule is [B]c1ccc(C(C)(c2ccc([B])cc2)c2ccc(-c3ccc4c(c3)CC4)cc2)cc1. The number of aryl methyl sites for hydroxylation is 2. The summed E-state index contributed by atoms with van der Waals surface area (Å²) < 4.78 is 0. The van der Waals surface area contributed by atoms with E-state index in [9.17, 15) is 0 Å². The summed E-state index contributed by atoms with van der Waals surface area (Å²) in [6, 6.07) is 32.2. The molecule has 140 valence electrons. The first-order chi connectivity index (χ1) is 14.5. The lowest BCUT2D eigenvalue weighted by molar-refractivity contribution is 0.693. The van der Waals surface area contributed by atoms with E-state index in [1.54, 1.807) is 0 Å². The molecule has 0 bridgehead atoms. The van der Waals surface area contributed by atoms with Crippen molar-refractivity contribution in [2.45, 2.75) is 25.2 Å². The van der Waals surface area contributed by atoms with Crippen molar-refractivity contribution in [3.8, 4) is 11.1 Å². The maximum Gasteiger partial charge on any atom is 0.113 e. The fourth-order valence-electron chi connectivity index (χ4n) is 4.50. The molecule has 2 heteroatoms. The van der Waals surface area contributed by atoms with Crippen molar-refractivity contribution in [3.63, 3.8) is 0 Å². The van der Waals surface area contributed by atoms with Crippen molar-refractivity contribution in [3.05, 3.63) is 119 Å². The molecule has 4 aromatic rings. The first kappa shape index (κ1) is 19.0. The summed E-state index contributed by atoms with van der Waals surface area (Å²) in [4.78, 5) is 0. The van der Waals surface area contributed by atoms with E-state index < -0.39 is 0 Å². The van der Waals surface area contributed by atoms with Crippen LogP contribution in [0.15, 0.2) is 91.0 Å². The average molecular weight is 380 g/mol. The van der Waals surface area contributed by atoms with Gasteiger partial charge in [0.15, 0.2) is 0 Å². The third-order valence-electron chi connectivity index (χ3n) is 6.64. The monoisotopic (exact) mass is 380 g/mol. The van der Waals surface area contributed by atoms with Crippen LogP contribution >= 0.6 is 0 Å². The minimum absolute atomic E-state index is 0.305. The summed E-state index contributed by atoms with van der Waals surface area (Å²) in [5.74, 6) is 0. The van der Waals surface area contributed by atoms with Crippen molar-refractivity contribution in [1.29, 1.82) is 0 Å². The molecule has 0 amide bonds. The molecule has 0 aliphatic heterocycles. The fraction of sp³-hybridized carbons (Fsp3) is 0.143. The van der Waals surface area contributed by atoms with Gasteiger partial charge in [0.25, 0.3) is 0 Å². The third-order valence-corrected chi connectivity index (χ3v) is 6.64. The van der Waals surface area contributed by atoms with E-state index in [1.807, 2.05) is 24.3 Å². The topological polar surface area (TPSA) is 0 Å². The van der Waals surface area contributed by atoms with Crippen LogP contribution in [0, 0.1) is 0 Å². The Morgan fingerprint density at radius 1 is 0.533 bits per heavy atom. The molecule has 5 rings (SSSR count). The average Bonchev–Trinajstić information content (AvgIpc) is 2.75. The fourth-order valence-corrected chi connectivity index (χ4v) is 4.50. The van der Waals surface area contributed by atoms with Gasteiger partial charge in [0.1, 0.15) is 15.7 Å². The number of fused-ring (bicyclic) bond motifs is 1. The van der Waals surface area contributed by atoms with E-state index in [4.69, 9.17) is 15.7 Å². The van der Waals surface area contributed by atoms with Crippen LogP contribution in [0.2, 0.25) is 0 Å². The first-order valence-corrected chi connectivity index (χ1v) is 10.5. The highest BCUT2D eigenvalue weighted by Gasteiger charge is 2.31. The van der Waals surface area contributed by atoms with Crippen molar-refractivity contribution in [1.82, 2.24) is 0 Å². The van der Waals surface area contributed by atoms with Gasteiger partial charge in [-0.3, -0.25) is 0 Å². The minimum atomic E-state index is -0.305. The van der Waals surface area contributed by atoms with Crippen LogP contribution in [0.25, 0.3) is 11.1 Å². The van der Waals surface area contributed by atoms with Crippen molar-refractivity contribution < 1.29 is 0 Å². The molecule has 0 saturated heterocycles. The van der Waals surface area contributed by atoms with Gasteiger partial charge in [-0.15, -0.1) is 0 Å². The number of rotatable bonds is 4. The van der Waals surface area contributed by atoms with Crippen LogP contribution in [0.4, 0.5) is 0 Å². The Bertz CT molecular complexity index is 1140. The zero-order chi connectivity index (χ0) is 20.7. The molecular weight excluding hydrogens is 358 g/mol. The van der Waals surface area contributed by atoms with E-state index in [1.165, 1.54) is 51.8 Å². The Hall–Kier alpha value is -2.99. The molecule has 4 radical (unpaired) electrons. The standard InChI is InChI=1S/C28H22B2/c1-28(24-10-14-26(29)15-11-24,25-12-16-27(30)17-13-25)23-8-6-20(7-9-23)22-5-3-19-2-4-21(19)18-22/h3,5-18H,2,4H2,1H3. The quantitative estimate of drug-likeness (QED) is 0.364. The first-order valence-electron chi connectivity index (χ1n) is 10.5. The molecule has 0 saturated carbocycles. The highest BCUT2D eigenvalue weighted by molar-refractivity contribution is 6.32. The van der Waals surface area contributed by atoms with Crippen LogP contribution in [-0.4, -0.2) is 15.7 Å². The van der Waals surface area contributed by atoms with Gasteiger partial charge in [0, 0.05) is 5.41 Å². The van der Waals surface area contributed by atoms with Crippen LogP contribution in [0.5, 0.6) is 0 Å². The molecule has 0 heterocycles. The van der Waals surface area contributed by atoms with Gasteiger partial charge in [-0.25, -0.2) is 0 Å². The zero-order valence-corrected chi connectivity index (χ0v) is 17.2. The molecule has 0 nitrogen and oxygen atoms in total. The maximum atomic E-state index is 5.96. The summed E-state index contributed by atoms with van der Waals surface area (Å²) in [6.45, 7) is 2.27. The lowest BCUT2D eigenvalue weighted by atomic mass is 9.70. The Morgan fingerprint density at radius 2 is 0.967 bits per heavy atom. The molecule has 1 aliphatic carbocycles. The Balaban J connectivity index is 1.59. The number of benzene rings is 4. The molecule has 0 spiro atoms. The molecule has 0 atom stereocenters. The zero-order valence-electron chi connectivity index (χ0n) is 17.2. The molecule has 0 unspecified atom stereocenters. The van der Waals surface area contributed by atoms with Gasteiger partial charge in [-0.2, -0.15) is 0 Å². The second-order valence-electron chi connectivity index (χ2n) is 8.43. The van der Waals surface area contributed by atoms with Crippen molar-refractivity contribution in [2.75, 3.05) is 0 Å². The van der Waals surface area contributed by atoms with Gasteiger partial charge in [0.05, 0.1) is 0 Å². The van der Waals surface area contributed by atoms with E-state index >= 15 is 0 Å². The van der Waals surface area contributed by atoms with Gasteiger partial charge >= 0.3 is 0 Å². The predicted octanol–water partition coefficient (Wildman–Crippen LogP) is 4.39. The van der Waals surface area contributed by atoms with Crippen molar-refractivity contribution >= 4 is 26.6 Å². The maximum absolute atomic E-state index is 5.96. The summed E-state index contributed by atoms with van der Waals surface area (Å²) in [5, 5.41) is 0. The molecule has 4 aromatic carbocycles. The number of hydrogen-bond donors (Lipinski definition) is 0. The van der Waals surface area contributed by atoms with E-state index in [-0.39, 0.29) is 5.41 Å². The molecule has 0 fully saturated rings. The molecule has 0 N–H and O–H groups in total. The summed E-state index contributed by atoms with van der Waals surface area (Å²) in [6.07, 6.45) is 2.42. The third kappa shape index (κ3) is 3.21. The minimum Gasteiger partial charge on any atom is -0.0967 e. The van der Waals surface area contributed by atoms with E-state index in [0.717, 1.165) is 10.9 Å². The van der Waals surface area contributed by atoms with E-state index in [2.05, 4.69) is 73.7 Å². The second kappa shape index (κ2) is 7.36. The van der Waals surface area contributed by atoms with Gasteiger partial charge in [-0.1, -0.05) is 102 Å². The molecular formula is C28H22B2. The van der Waals surface area contributed by atoms with Crippen LogP contribution in [0.3, 0.4) is 0 Å². The predicted molar refractivity (Wildman–Crippen MR) is 129 cm³/mol. The highest BCUT2D eigenvalue weighted by atomic mass is 14.3. The highest BCUT2D eigenvalue weighted by Crippen LogP contribution is 2.39. The summed E-state index contributed by atoms with van der Waals surface area (Å²) >= 11 is 0. The smallest absolute Gasteiger partial charge is 0.0967 e. The van der Waals surface area contributed by atoms with Crippen molar-refractivity contribution in [2.24, 2.45) is 0 Å². The largest absolute Gasteiger partial charge is 0.113 e. The van der Waals surface area contributed by atoms with E-state index in [0.29, 0.717) is 0 Å². The Kier molecular flexibility index (Phi) is 4.66. The number of hydrogen-bond acceptors (Lipinski definition) is 0. The molecule has 1 aliphatic rings. The summed E-state index contributed by atoms with van der Waals surface area (Å²) in [5.41, 5.74) is 10.4. The lowest BCUT2D eigenvalue weighted by Crippen LogP contribution is -2.26. The van der Waals surface area contributed by atoms with Gasteiger partial charge < -0.3 is 0 Å². The van der Waals surface area contributed by atoms with Crippen LogP contribution in [-0.2, 0) is 18.3 Å². The van der Waals surface area contributed by atoms with Crippen LogP contribution < -0.4 is 10.9 Å². The molecule has 0 aromatic heterocycles. The second-order valence-corrected chi connectivity index (χ2v) is 8.43. The molecule has 30 heavy (non-hydrogen) atoms.